The zero-order valence-corrected chi connectivity index (χ0v) is 18.0. The van der Waals surface area contributed by atoms with Crippen LogP contribution in [0, 0.1) is 10.1 Å². The molecule has 0 aliphatic heterocycles. The maximum atomic E-state index is 13.4. The Kier molecular flexibility index (Phi) is 6.04. The van der Waals surface area contributed by atoms with E-state index in [-0.39, 0.29) is 24.3 Å². The van der Waals surface area contributed by atoms with Crippen LogP contribution in [0.2, 0.25) is 10.0 Å². The number of non-ortho nitro benzene ring substituents is 1. The van der Waals surface area contributed by atoms with Crippen molar-refractivity contribution in [2.45, 2.75) is 9.79 Å². The number of halogens is 2. The highest BCUT2D eigenvalue weighted by molar-refractivity contribution is 8.10. The highest BCUT2D eigenvalue weighted by Crippen LogP contribution is 2.35. The van der Waals surface area contributed by atoms with Crippen molar-refractivity contribution in [3.05, 3.63) is 93.0 Å². The first-order chi connectivity index (χ1) is 14.0. The van der Waals surface area contributed by atoms with Crippen molar-refractivity contribution in [2.75, 3.05) is 3.71 Å². The lowest BCUT2D eigenvalue weighted by Gasteiger charge is -2.24. The normalized spacial score (nSPS) is 11.8. The highest BCUT2D eigenvalue weighted by Gasteiger charge is 2.38. The Labute approximate surface area is 182 Å². The lowest BCUT2D eigenvalue weighted by molar-refractivity contribution is -0.385. The van der Waals surface area contributed by atoms with Gasteiger partial charge in [-0.25, -0.2) is 8.42 Å². The van der Waals surface area contributed by atoms with Crippen LogP contribution in [0.1, 0.15) is 0 Å². The molecule has 3 aromatic rings. The topological polar surface area (TPSA) is 115 Å². The third-order valence-corrected chi connectivity index (χ3v) is 8.85. The third kappa shape index (κ3) is 4.12. The number of nitrogens with zero attached hydrogens (tertiary/aromatic N) is 2. The number of benzene rings is 3. The van der Waals surface area contributed by atoms with E-state index < -0.39 is 35.6 Å². The zero-order valence-electron chi connectivity index (χ0n) is 14.8. The molecule has 0 saturated carbocycles. The number of nitro benzene ring substituents is 1. The summed E-state index contributed by atoms with van der Waals surface area (Å²) in [6.07, 6.45) is 0. The number of anilines is 1. The van der Waals surface area contributed by atoms with Gasteiger partial charge in [-0.05, 0) is 42.5 Å². The van der Waals surface area contributed by atoms with Crippen LogP contribution in [-0.4, -0.2) is 21.8 Å². The van der Waals surface area contributed by atoms with E-state index in [1.807, 2.05) is 0 Å². The predicted octanol–water partition coefficient (Wildman–Crippen LogP) is 4.49. The molecule has 12 heteroatoms. The molecular formula is C18H12Cl2N2O6S2. The van der Waals surface area contributed by atoms with Gasteiger partial charge in [0.15, 0.2) is 0 Å². The number of hydrogen-bond donors (Lipinski definition) is 0. The Morgan fingerprint density at radius 1 is 0.800 bits per heavy atom. The van der Waals surface area contributed by atoms with E-state index in [0.29, 0.717) is 6.07 Å². The molecule has 0 unspecified atom stereocenters. The first-order valence-electron chi connectivity index (χ1n) is 8.10. The summed E-state index contributed by atoms with van der Waals surface area (Å²) in [6, 6.07) is 14.6. The molecule has 0 N–H and O–H groups in total. The van der Waals surface area contributed by atoms with Crippen molar-refractivity contribution in [1.82, 2.24) is 0 Å². The lowest BCUT2D eigenvalue weighted by atomic mass is 10.3. The molecule has 30 heavy (non-hydrogen) atoms. The fourth-order valence-corrected chi connectivity index (χ4v) is 6.87. The van der Waals surface area contributed by atoms with Gasteiger partial charge in [0.05, 0.1) is 20.5 Å². The van der Waals surface area contributed by atoms with Gasteiger partial charge < -0.3 is 0 Å². The molecule has 0 bridgehead atoms. The first-order valence-corrected chi connectivity index (χ1v) is 11.7. The number of nitro groups is 1. The zero-order chi connectivity index (χ0) is 22.1. The molecule has 156 valence electrons. The van der Waals surface area contributed by atoms with E-state index in [1.165, 1.54) is 48.5 Å². The fraction of sp³-hybridized carbons (Fsp3) is 0. The van der Waals surface area contributed by atoms with Crippen LogP contribution < -0.4 is 3.71 Å². The summed E-state index contributed by atoms with van der Waals surface area (Å²) in [7, 11) is -9.54. The summed E-state index contributed by atoms with van der Waals surface area (Å²) in [4.78, 5) is 9.27. The maximum absolute atomic E-state index is 13.4. The van der Waals surface area contributed by atoms with Crippen LogP contribution in [0.25, 0.3) is 0 Å². The summed E-state index contributed by atoms with van der Waals surface area (Å²) in [5, 5.41) is 11.0. The van der Waals surface area contributed by atoms with Gasteiger partial charge in [-0.3, -0.25) is 10.1 Å². The van der Waals surface area contributed by atoms with Crippen LogP contribution in [0.15, 0.2) is 82.6 Å². The Balaban J connectivity index is 2.32. The number of sulfonamides is 2. The highest BCUT2D eigenvalue weighted by atomic mass is 35.5. The van der Waals surface area contributed by atoms with Gasteiger partial charge >= 0.3 is 0 Å². The molecule has 0 atom stereocenters. The van der Waals surface area contributed by atoms with E-state index in [9.17, 15) is 26.9 Å². The quantitative estimate of drug-likeness (QED) is 0.374. The second-order valence-corrected chi connectivity index (χ2v) is 10.5. The molecule has 0 aliphatic carbocycles. The summed E-state index contributed by atoms with van der Waals surface area (Å²) in [6.45, 7) is 0. The van der Waals surface area contributed by atoms with Crippen LogP contribution in [0.5, 0.6) is 0 Å². The summed E-state index contributed by atoms with van der Waals surface area (Å²) in [5.74, 6) is 0. The molecule has 0 heterocycles. The Hall–Kier alpha value is -2.66. The molecule has 8 nitrogen and oxygen atoms in total. The van der Waals surface area contributed by atoms with Crippen LogP contribution in [0.3, 0.4) is 0 Å². The summed E-state index contributed by atoms with van der Waals surface area (Å²) in [5.41, 5.74) is -0.808. The van der Waals surface area contributed by atoms with Gasteiger partial charge in [-0.15, -0.1) is 0 Å². The molecule has 0 saturated heterocycles. The van der Waals surface area contributed by atoms with E-state index in [0.717, 1.165) is 12.1 Å². The van der Waals surface area contributed by atoms with Crippen molar-refractivity contribution < 1.29 is 21.8 Å². The molecule has 0 aliphatic rings. The van der Waals surface area contributed by atoms with E-state index in [1.54, 1.807) is 6.07 Å². The molecule has 0 amide bonds. The average Bonchev–Trinajstić information content (AvgIpc) is 2.70. The van der Waals surface area contributed by atoms with Crippen LogP contribution in [0.4, 0.5) is 11.4 Å². The Morgan fingerprint density at radius 2 is 1.40 bits per heavy atom. The largest absolute Gasteiger partial charge is 0.279 e. The average molecular weight is 487 g/mol. The molecule has 3 rings (SSSR count). The van der Waals surface area contributed by atoms with Crippen LogP contribution >= 0.6 is 23.2 Å². The number of hydrogen-bond acceptors (Lipinski definition) is 6. The van der Waals surface area contributed by atoms with E-state index >= 15 is 0 Å². The van der Waals surface area contributed by atoms with Gasteiger partial charge in [0.25, 0.3) is 25.7 Å². The Bertz CT molecular complexity index is 1310. The SMILES string of the molecule is O=[N+]([O-])c1ccc(Cl)c(S(=O)(=O)N(c2ccc(Cl)cc2)S(=O)(=O)c2ccccc2)c1. The maximum Gasteiger partial charge on any atom is 0.279 e. The third-order valence-electron chi connectivity index (χ3n) is 3.92. The van der Waals surface area contributed by atoms with E-state index in [2.05, 4.69) is 0 Å². The number of rotatable bonds is 6. The second kappa shape index (κ2) is 8.23. The minimum atomic E-state index is -4.89. The monoisotopic (exact) mass is 486 g/mol. The van der Waals surface area contributed by atoms with Crippen molar-refractivity contribution in [2.24, 2.45) is 0 Å². The minimum absolute atomic E-state index is 0.177. The van der Waals surface area contributed by atoms with Crippen LogP contribution in [-0.2, 0) is 20.0 Å². The van der Waals surface area contributed by atoms with Crippen molar-refractivity contribution in [3.63, 3.8) is 0 Å². The molecule has 3 aromatic carbocycles. The minimum Gasteiger partial charge on any atom is -0.258 e. The van der Waals surface area contributed by atoms with Crippen molar-refractivity contribution >= 4 is 54.6 Å². The van der Waals surface area contributed by atoms with Gasteiger partial charge in [0, 0.05) is 17.2 Å². The summed E-state index contributed by atoms with van der Waals surface area (Å²) >= 11 is 11.8. The molecular weight excluding hydrogens is 475 g/mol. The Morgan fingerprint density at radius 3 is 1.97 bits per heavy atom. The predicted molar refractivity (Wildman–Crippen MR) is 113 cm³/mol. The molecule has 0 aromatic heterocycles. The molecule has 0 fully saturated rings. The smallest absolute Gasteiger partial charge is 0.258 e. The molecule has 0 spiro atoms. The standard InChI is InChI=1S/C18H12Cl2N2O6S2/c19-13-6-8-14(9-7-13)22(29(25,26)16-4-2-1-3-5-16)30(27,28)18-12-15(21(23)24)10-11-17(18)20/h1-12H. The second-order valence-electron chi connectivity index (χ2n) is 5.87. The molecule has 0 radical (unpaired) electrons. The van der Waals surface area contributed by atoms with Gasteiger partial charge in [-0.2, -0.15) is 12.1 Å². The van der Waals surface area contributed by atoms with Gasteiger partial charge in [-0.1, -0.05) is 41.4 Å². The van der Waals surface area contributed by atoms with Crippen molar-refractivity contribution in [1.29, 1.82) is 0 Å². The van der Waals surface area contributed by atoms with Gasteiger partial charge in [0.2, 0.25) is 0 Å². The summed E-state index contributed by atoms with van der Waals surface area (Å²) < 4.78 is 53.7. The van der Waals surface area contributed by atoms with Crippen molar-refractivity contribution in [3.8, 4) is 0 Å². The first kappa shape index (κ1) is 22.0. The lowest BCUT2D eigenvalue weighted by Crippen LogP contribution is -2.37. The van der Waals surface area contributed by atoms with Gasteiger partial charge in [0.1, 0.15) is 4.90 Å². The fourth-order valence-electron chi connectivity index (χ4n) is 2.55. The van der Waals surface area contributed by atoms with E-state index in [4.69, 9.17) is 23.2 Å².